The summed E-state index contributed by atoms with van der Waals surface area (Å²) in [6.07, 6.45) is 0. The Morgan fingerprint density at radius 1 is 1.42 bits per heavy atom. The van der Waals surface area contributed by atoms with Gasteiger partial charge in [0.1, 0.15) is 5.82 Å². The minimum absolute atomic E-state index is 0.0229. The maximum absolute atomic E-state index is 13.5. The van der Waals surface area contributed by atoms with Crippen molar-refractivity contribution < 1.29 is 17.5 Å². The number of hydrogen-bond acceptors (Lipinski definition) is 4. The molecule has 0 unspecified atom stereocenters. The molecule has 0 saturated heterocycles. The predicted octanol–water partition coefficient (Wildman–Crippen LogP) is 0.988. The number of benzene rings is 1. The van der Waals surface area contributed by atoms with Gasteiger partial charge in [0.05, 0.1) is 10.5 Å². The molecule has 19 heavy (non-hydrogen) atoms. The maximum atomic E-state index is 13.5. The number of hydrogen-bond donors (Lipinski definition) is 2. The second-order valence-corrected chi connectivity index (χ2v) is 6.44. The lowest BCUT2D eigenvalue weighted by Gasteiger charge is -2.23. The first-order valence-electron chi connectivity index (χ1n) is 5.76. The molecule has 5 nitrogen and oxygen atoms in total. The Balaban J connectivity index is 3.05. The summed E-state index contributed by atoms with van der Waals surface area (Å²) in [7, 11) is -2.33. The fourth-order valence-electron chi connectivity index (χ4n) is 1.41. The molecular weight excluding hydrogens is 271 g/mol. The summed E-state index contributed by atoms with van der Waals surface area (Å²) in [6, 6.07) is 3.85. The van der Waals surface area contributed by atoms with Crippen LogP contribution >= 0.6 is 0 Å². The summed E-state index contributed by atoms with van der Waals surface area (Å²) in [6.45, 7) is 3.37. The molecule has 0 spiro atoms. The topological polar surface area (TPSA) is 81.4 Å². The zero-order valence-corrected chi connectivity index (χ0v) is 12.1. The molecule has 0 aliphatic rings. The maximum Gasteiger partial charge on any atom is 0.241 e. The Kier molecular flexibility index (Phi) is 5.03. The summed E-state index contributed by atoms with van der Waals surface area (Å²) in [4.78, 5) is -0.137. The Hall–Kier alpha value is -1.02. The average Bonchev–Trinajstić information content (AvgIpc) is 2.36. The lowest BCUT2D eigenvalue weighted by molar-refractivity contribution is 0.0276. The molecule has 108 valence electrons. The van der Waals surface area contributed by atoms with Crippen LogP contribution in [0.1, 0.15) is 19.4 Å². The molecule has 0 fully saturated rings. The SMILES string of the molecule is COC(C)(C)CNS(=O)(=O)c1cccc(F)c1CN. The molecule has 0 aromatic heterocycles. The molecule has 1 aromatic rings. The van der Waals surface area contributed by atoms with Crippen LogP contribution in [0.15, 0.2) is 23.1 Å². The summed E-state index contributed by atoms with van der Waals surface area (Å²) in [5.41, 5.74) is 4.73. The molecule has 1 aromatic carbocycles. The molecule has 0 aliphatic heterocycles. The van der Waals surface area contributed by atoms with Crippen LogP contribution in [0.25, 0.3) is 0 Å². The van der Waals surface area contributed by atoms with Crippen LogP contribution in [-0.2, 0) is 21.3 Å². The molecular formula is C12H19FN2O3S. The Labute approximate surface area is 113 Å². The second kappa shape index (κ2) is 5.96. The molecule has 1 rings (SSSR count). The highest BCUT2D eigenvalue weighted by molar-refractivity contribution is 7.89. The average molecular weight is 290 g/mol. The van der Waals surface area contributed by atoms with E-state index in [1.807, 2.05) is 0 Å². The van der Waals surface area contributed by atoms with Gasteiger partial charge in [0.2, 0.25) is 10.0 Å². The summed E-state index contributed by atoms with van der Waals surface area (Å²) in [5.74, 6) is -0.628. The first-order valence-corrected chi connectivity index (χ1v) is 7.24. The minimum atomic E-state index is -3.82. The van der Waals surface area contributed by atoms with Gasteiger partial charge in [-0.05, 0) is 26.0 Å². The van der Waals surface area contributed by atoms with Gasteiger partial charge in [-0.15, -0.1) is 0 Å². The van der Waals surface area contributed by atoms with Crippen molar-refractivity contribution in [3.05, 3.63) is 29.6 Å². The highest BCUT2D eigenvalue weighted by Gasteiger charge is 2.24. The minimum Gasteiger partial charge on any atom is -0.377 e. The van der Waals surface area contributed by atoms with E-state index in [-0.39, 0.29) is 23.5 Å². The van der Waals surface area contributed by atoms with Gasteiger partial charge in [0, 0.05) is 25.8 Å². The highest BCUT2D eigenvalue weighted by atomic mass is 32.2. The number of halogens is 1. The lowest BCUT2D eigenvalue weighted by Crippen LogP contribution is -2.40. The van der Waals surface area contributed by atoms with E-state index in [0.29, 0.717) is 0 Å². The van der Waals surface area contributed by atoms with Crippen molar-refractivity contribution in [1.29, 1.82) is 0 Å². The zero-order chi connectivity index (χ0) is 14.7. The third-order valence-electron chi connectivity index (χ3n) is 2.81. The number of ether oxygens (including phenoxy) is 1. The number of methoxy groups -OCH3 is 1. The van der Waals surface area contributed by atoms with Gasteiger partial charge in [0.15, 0.2) is 0 Å². The van der Waals surface area contributed by atoms with E-state index in [1.54, 1.807) is 13.8 Å². The van der Waals surface area contributed by atoms with E-state index in [9.17, 15) is 12.8 Å². The van der Waals surface area contributed by atoms with Crippen molar-refractivity contribution in [3.63, 3.8) is 0 Å². The summed E-state index contributed by atoms with van der Waals surface area (Å²) >= 11 is 0. The van der Waals surface area contributed by atoms with Crippen LogP contribution < -0.4 is 10.5 Å². The van der Waals surface area contributed by atoms with Gasteiger partial charge < -0.3 is 10.5 Å². The van der Waals surface area contributed by atoms with Crippen molar-refractivity contribution in [1.82, 2.24) is 4.72 Å². The first kappa shape index (κ1) is 16.0. The Morgan fingerprint density at radius 2 is 2.05 bits per heavy atom. The van der Waals surface area contributed by atoms with Crippen LogP contribution in [0.3, 0.4) is 0 Å². The van der Waals surface area contributed by atoms with Crippen LogP contribution in [0.2, 0.25) is 0 Å². The van der Waals surface area contributed by atoms with Crippen molar-refractivity contribution in [2.75, 3.05) is 13.7 Å². The molecule has 0 radical (unpaired) electrons. The molecule has 0 atom stereocenters. The van der Waals surface area contributed by atoms with Gasteiger partial charge >= 0.3 is 0 Å². The normalized spacial score (nSPS) is 12.7. The second-order valence-electron chi connectivity index (χ2n) is 4.71. The zero-order valence-electron chi connectivity index (χ0n) is 11.2. The first-order chi connectivity index (χ1) is 8.73. The van der Waals surface area contributed by atoms with Crippen molar-refractivity contribution in [2.45, 2.75) is 30.9 Å². The monoisotopic (exact) mass is 290 g/mol. The van der Waals surface area contributed by atoms with Crippen molar-refractivity contribution in [2.24, 2.45) is 5.73 Å². The van der Waals surface area contributed by atoms with Gasteiger partial charge in [-0.25, -0.2) is 17.5 Å². The van der Waals surface area contributed by atoms with E-state index in [4.69, 9.17) is 10.5 Å². The molecule has 7 heteroatoms. The van der Waals surface area contributed by atoms with Gasteiger partial charge in [0.25, 0.3) is 0 Å². The molecule has 0 amide bonds. The standard InChI is InChI=1S/C12H19FN2O3S/c1-12(2,18-3)8-15-19(16,17)11-6-4-5-10(13)9(11)7-14/h4-6,15H,7-8,14H2,1-3H3. The Morgan fingerprint density at radius 3 is 2.58 bits per heavy atom. The van der Waals surface area contributed by atoms with E-state index in [0.717, 1.165) is 0 Å². The molecule has 0 heterocycles. The van der Waals surface area contributed by atoms with Gasteiger partial charge in [-0.2, -0.15) is 0 Å². The van der Waals surface area contributed by atoms with Gasteiger partial charge in [-0.1, -0.05) is 6.07 Å². The molecule has 0 bridgehead atoms. The van der Waals surface area contributed by atoms with Crippen LogP contribution in [0.5, 0.6) is 0 Å². The predicted molar refractivity (Wildman–Crippen MR) is 70.6 cm³/mol. The van der Waals surface area contributed by atoms with E-state index in [2.05, 4.69) is 4.72 Å². The molecule has 3 N–H and O–H groups in total. The van der Waals surface area contributed by atoms with Gasteiger partial charge in [-0.3, -0.25) is 0 Å². The van der Waals surface area contributed by atoms with E-state index < -0.39 is 21.4 Å². The summed E-state index contributed by atoms with van der Waals surface area (Å²) in [5, 5.41) is 0. The Bertz CT molecular complexity index is 544. The molecule has 0 aliphatic carbocycles. The van der Waals surface area contributed by atoms with E-state index >= 15 is 0 Å². The van der Waals surface area contributed by atoms with Crippen LogP contribution in [0, 0.1) is 5.82 Å². The third kappa shape index (κ3) is 3.97. The number of rotatable bonds is 6. The van der Waals surface area contributed by atoms with E-state index in [1.165, 1.54) is 25.3 Å². The largest absolute Gasteiger partial charge is 0.377 e. The third-order valence-corrected chi connectivity index (χ3v) is 4.30. The molecule has 0 saturated carbocycles. The fraction of sp³-hybridized carbons (Fsp3) is 0.500. The van der Waals surface area contributed by atoms with Crippen molar-refractivity contribution in [3.8, 4) is 0 Å². The number of nitrogens with one attached hydrogen (secondary N) is 1. The highest BCUT2D eigenvalue weighted by Crippen LogP contribution is 2.19. The number of nitrogens with two attached hydrogens (primary N) is 1. The smallest absolute Gasteiger partial charge is 0.241 e. The lowest BCUT2D eigenvalue weighted by atomic mass is 10.1. The van der Waals surface area contributed by atoms with Crippen molar-refractivity contribution >= 4 is 10.0 Å². The summed E-state index contributed by atoms with van der Waals surface area (Å²) < 4.78 is 45.3. The quantitative estimate of drug-likeness (QED) is 0.818. The van der Waals surface area contributed by atoms with Crippen LogP contribution in [-0.4, -0.2) is 27.7 Å². The van der Waals surface area contributed by atoms with Crippen LogP contribution in [0.4, 0.5) is 4.39 Å². The fourth-order valence-corrected chi connectivity index (χ4v) is 2.86. The number of sulfonamides is 1.